The number of ether oxygens (including phenoxy) is 1. The molecule has 0 heterocycles. The number of carbonyl (C=O) groups excluding carboxylic acids is 1. The van der Waals surface area contributed by atoms with Crippen molar-refractivity contribution < 1.29 is 23.2 Å². The summed E-state index contributed by atoms with van der Waals surface area (Å²) in [5.74, 6) is -2.26. The number of halogens is 2. The van der Waals surface area contributed by atoms with Crippen LogP contribution in [-0.4, -0.2) is 31.0 Å². The van der Waals surface area contributed by atoms with E-state index in [1.165, 1.54) is 31.4 Å². The molecule has 9 heteroatoms. The van der Waals surface area contributed by atoms with E-state index in [-0.39, 0.29) is 30.1 Å². The second-order valence-corrected chi connectivity index (χ2v) is 4.92. The second kappa shape index (κ2) is 8.04. The van der Waals surface area contributed by atoms with Crippen LogP contribution in [0.4, 0.5) is 20.2 Å². The van der Waals surface area contributed by atoms with Crippen LogP contribution in [0.3, 0.4) is 0 Å². The Balaban J connectivity index is 1.99. The molecule has 0 saturated carbocycles. The first-order valence-corrected chi connectivity index (χ1v) is 7.22. The summed E-state index contributed by atoms with van der Waals surface area (Å²) in [5.41, 5.74) is -0.515. The molecule has 0 bridgehead atoms. The summed E-state index contributed by atoms with van der Waals surface area (Å²) in [6.45, 7) is 0.180. The number of anilines is 1. The van der Waals surface area contributed by atoms with Crippen molar-refractivity contribution in [3.05, 3.63) is 63.7 Å². The van der Waals surface area contributed by atoms with Gasteiger partial charge < -0.3 is 15.4 Å². The summed E-state index contributed by atoms with van der Waals surface area (Å²) in [5, 5.41) is 16.2. The summed E-state index contributed by atoms with van der Waals surface area (Å²) in [6.07, 6.45) is 0. The number of nitrogens with zero attached hydrogens (tertiary/aromatic N) is 1. The molecular weight excluding hydrogens is 336 g/mol. The minimum atomic E-state index is -0.854. The highest BCUT2D eigenvalue weighted by Crippen LogP contribution is 2.31. The van der Waals surface area contributed by atoms with Gasteiger partial charge in [-0.1, -0.05) is 12.1 Å². The third kappa shape index (κ3) is 4.40. The molecule has 2 N–H and O–H groups in total. The topological polar surface area (TPSA) is 93.5 Å². The molecule has 25 heavy (non-hydrogen) atoms. The number of nitrogens with one attached hydrogen (secondary N) is 2. The van der Waals surface area contributed by atoms with Crippen molar-refractivity contribution in [1.29, 1.82) is 0 Å². The number of hydrogen-bond donors (Lipinski definition) is 2. The SMILES string of the molecule is COc1cc(NCCNC(=O)c2ccccc2F)c([N+](=O)[O-])cc1F. The molecule has 2 aromatic rings. The quantitative estimate of drug-likeness (QED) is 0.454. The predicted octanol–water partition coefficient (Wildman–Crippen LogP) is 2.72. The molecule has 0 spiro atoms. The van der Waals surface area contributed by atoms with Gasteiger partial charge in [0.1, 0.15) is 11.5 Å². The van der Waals surface area contributed by atoms with Crippen molar-refractivity contribution in [3.63, 3.8) is 0 Å². The number of methoxy groups -OCH3 is 1. The summed E-state index contributed by atoms with van der Waals surface area (Å²) in [6, 6.07) is 7.42. The highest BCUT2D eigenvalue weighted by molar-refractivity contribution is 5.94. The lowest BCUT2D eigenvalue weighted by molar-refractivity contribution is -0.384. The largest absolute Gasteiger partial charge is 0.494 e. The smallest absolute Gasteiger partial charge is 0.295 e. The molecule has 0 fully saturated rings. The maximum absolute atomic E-state index is 13.6. The molecule has 0 aliphatic heterocycles. The van der Waals surface area contributed by atoms with Crippen molar-refractivity contribution in [2.45, 2.75) is 0 Å². The molecule has 132 valence electrons. The molecule has 0 aromatic heterocycles. The highest BCUT2D eigenvalue weighted by atomic mass is 19.1. The Labute approximate surface area is 141 Å². The lowest BCUT2D eigenvalue weighted by Crippen LogP contribution is -2.29. The summed E-state index contributed by atoms with van der Waals surface area (Å²) in [7, 11) is 1.24. The van der Waals surface area contributed by atoms with Crippen molar-refractivity contribution >= 4 is 17.3 Å². The maximum Gasteiger partial charge on any atom is 0.295 e. The van der Waals surface area contributed by atoms with Gasteiger partial charge in [0.15, 0.2) is 11.6 Å². The van der Waals surface area contributed by atoms with Crippen molar-refractivity contribution in [1.82, 2.24) is 5.32 Å². The monoisotopic (exact) mass is 351 g/mol. The van der Waals surface area contributed by atoms with Crippen LogP contribution in [0, 0.1) is 21.7 Å². The van der Waals surface area contributed by atoms with Gasteiger partial charge in [-0.15, -0.1) is 0 Å². The van der Waals surface area contributed by atoms with Crippen LogP contribution >= 0.6 is 0 Å². The van der Waals surface area contributed by atoms with Crippen molar-refractivity contribution in [2.75, 3.05) is 25.5 Å². The van der Waals surface area contributed by atoms with E-state index < -0.39 is 28.2 Å². The zero-order chi connectivity index (χ0) is 18.4. The van der Waals surface area contributed by atoms with Gasteiger partial charge in [-0.05, 0) is 12.1 Å². The van der Waals surface area contributed by atoms with Crippen molar-refractivity contribution in [2.24, 2.45) is 0 Å². The zero-order valence-electron chi connectivity index (χ0n) is 13.2. The Morgan fingerprint density at radius 3 is 2.56 bits per heavy atom. The molecule has 2 rings (SSSR count). The zero-order valence-corrected chi connectivity index (χ0v) is 13.2. The highest BCUT2D eigenvalue weighted by Gasteiger charge is 2.19. The standard InChI is InChI=1S/C16H15F2N3O4/c1-25-15-9-13(14(21(23)24)8-12(15)18)19-6-7-20-16(22)10-4-2-3-5-11(10)17/h2-5,8-9,19H,6-7H2,1H3,(H,20,22). The second-order valence-electron chi connectivity index (χ2n) is 4.92. The lowest BCUT2D eigenvalue weighted by Gasteiger charge is -2.10. The van der Waals surface area contributed by atoms with Crippen molar-refractivity contribution in [3.8, 4) is 5.75 Å². The average molecular weight is 351 g/mol. The summed E-state index contributed by atoms with van der Waals surface area (Å²) in [4.78, 5) is 22.1. The number of carbonyl (C=O) groups is 1. The van der Waals surface area contributed by atoms with Gasteiger partial charge in [0.25, 0.3) is 11.6 Å². The van der Waals surface area contributed by atoms with Crippen LogP contribution in [0.15, 0.2) is 36.4 Å². The van der Waals surface area contributed by atoms with E-state index >= 15 is 0 Å². The number of amides is 1. The number of benzene rings is 2. The molecule has 7 nitrogen and oxygen atoms in total. The molecule has 0 unspecified atom stereocenters. The Kier molecular flexibility index (Phi) is 5.83. The van der Waals surface area contributed by atoms with Crippen LogP contribution in [0.25, 0.3) is 0 Å². The molecular formula is C16H15F2N3O4. The molecule has 0 aliphatic rings. The number of rotatable bonds is 7. The van der Waals surface area contributed by atoms with E-state index in [1.807, 2.05) is 0 Å². The van der Waals surface area contributed by atoms with E-state index in [2.05, 4.69) is 10.6 Å². The van der Waals surface area contributed by atoms with Gasteiger partial charge >= 0.3 is 0 Å². The molecule has 0 aliphatic carbocycles. The van der Waals surface area contributed by atoms with E-state index in [9.17, 15) is 23.7 Å². The Hall–Kier alpha value is -3.23. The van der Waals surface area contributed by atoms with Gasteiger partial charge in [0.05, 0.1) is 23.7 Å². The predicted molar refractivity (Wildman–Crippen MR) is 86.8 cm³/mol. The number of hydrogen-bond acceptors (Lipinski definition) is 5. The third-order valence-electron chi connectivity index (χ3n) is 3.31. The minimum Gasteiger partial charge on any atom is -0.494 e. The van der Waals surface area contributed by atoms with Crippen LogP contribution in [-0.2, 0) is 0 Å². The van der Waals surface area contributed by atoms with E-state index in [4.69, 9.17) is 4.74 Å². The fourth-order valence-corrected chi connectivity index (χ4v) is 2.11. The van der Waals surface area contributed by atoms with Crippen LogP contribution < -0.4 is 15.4 Å². The van der Waals surface area contributed by atoms with E-state index in [0.717, 1.165) is 12.1 Å². The molecule has 1 amide bonds. The molecule has 2 aromatic carbocycles. The first kappa shape index (κ1) is 18.1. The van der Waals surface area contributed by atoms with Gasteiger partial charge in [0, 0.05) is 19.2 Å². The van der Waals surface area contributed by atoms with Crippen LogP contribution in [0.2, 0.25) is 0 Å². The molecule has 0 atom stereocenters. The first-order chi connectivity index (χ1) is 11.9. The first-order valence-electron chi connectivity index (χ1n) is 7.22. The molecule has 0 radical (unpaired) electrons. The van der Waals surface area contributed by atoms with E-state index in [0.29, 0.717) is 0 Å². The van der Waals surface area contributed by atoms with E-state index in [1.54, 1.807) is 0 Å². The van der Waals surface area contributed by atoms with Gasteiger partial charge in [-0.2, -0.15) is 0 Å². The van der Waals surface area contributed by atoms with Crippen LogP contribution in [0.5, 0.6) is 5.75 Å². The van der Waals surface area contributed by atoms with Gasteiger partial charge in [0.2, 0.25) is 0 Å². The number of nitro groups is 1. The minimum absolute atomic E-state index is 0.0448. The fourth-order valence-electron chi connectivity index (χ4n) is 2.11. The Morgan fingerprint density at radius 1 is 1.20 bits per heavy atom. The van der Waals surface area contributed by atoms with Crippen LogP contribution in [0.1, 0.15) is 10.4 Å². The average Bonchev–Trinajstić information content (AvgIpc) is 2.59. The molecule has 0 saturated heterocycles. The maximum atomic E-state index is 13.6. The third-order valence-corrected chi connectivity index (χ3v) is 3.31. The summed E-state index contributed by atoms with van der Waals surface area (Å²) >= 11 is 0. The summed E-state index contributed by atoms with van der Waals surface area (Å²) < 4.78 is 31.8. The number of nitro benzene ring substituents is 1. The van der Waals surface area contributed by atoms with Gasteiger partial charge in [-0.3, -0.25) is 14.9 Å². The fraction of sp³-hybridized carbons (Fsp3) is 0.188. The van der Waals surface area contributed by atoms with Gasteiger partial charge in [-0.25, -0.2) is 8.78 Å². The normalized spacial score (nSPS) is 10.2. The lowest BCUT2D eigenvalue weighted by atomic mass is 10.2. The Bertz CT molecular complexity index is 799. The Morgan fingerprint density at radius 2 is 1.92 bits per heavy atom.